The van der Waals surface area contributed by atoms with Crippen LogP contribution in [0.25, 0.3) is 0 Å². The van der Waals surface area contributed by atoms with Crippen molar-refractivity contribution >= 4 is 17.6 Å². The van der Waals surface area contributed by atoms with Gasteiger partial charge >= 0.3 is 5.97 Å². The number of anilines is 1. The highest BCUT2D eigenvalue weighted by Crippen LogP contribution is 2.23. The Morgan fingerprint density at radius 1 is 1.20 bits per heavy atom. The zero-order chi connectivity index (χ0) is 17.8. The average molecular weight is 343 g/mol. The molecule has 0 unspecified atom stereocenters. The van der Waals surface area contributed by atoms with Gasteiger partial charge < -0.3 is 14.4 Å². The second kappa shape index (κ2) is 7.34. The van der Waals surface area contributed by atoms with E-state index in [1.807, 2.05) is 0 Å². The number of ether oxygens (including phenoxy) is 2. The van der Waals surface area contributed by atoms with Crippen molar-refractivity contribution in [2.75, 3.05) is 18.6 Å². The summed E-state index contributed by atoms with van der Waals surface area (Å²) in [5, 5.41) is 0. The normalized spacial score (nSPS) is 13.8. The third kappa shape index (κ3) is 3.79. The minimum Gasteiger partial charge on any atom is -0.496 e. The maximum absolute atomic E-state index is 13.3. The summed E-state index contributed by atoms with van der Waals surface area (Å²) >= 11 is 0. The number of carbonyl (C=O) groups is 2. The largest absolute Gasteiger partial charge is 0.496 e. The van der Waals surface area contributed by atoms with Crippen molar-refractivity contribution in [2.45, 2.75) is 19.4 Å². The summed E-state index contributed by atoms with van der Waals surface area (Å²) in [6.07, 6.45) is 1.40. The van der Waals surface area contributed by atoms with Crippen molar-refractivity contribution in [3.8, 4) is 5.75 Å². The van der Waals surface area contributed by atoms with Gasteiger partial charge in [0.05, 0.1) is 12.7 Å². The molecule has 1 amide bonds. The van der Waals surface area contributed by atoms with Crippen molar-refractivity contribution in [2.24, 2.45) is 0 Å². The fourth-order valence-corrected chi connectivity index (χ4v) is 2.79. The van der Waals surface area contributed by atoms with Crippen LogP contribution in [0, 0.1) is 5.82 Å². The first-order valence-corrected chi connectivity index (χ1v) is 7.98. The molecule has 1 heterocycles. The van der Waals surface area contributed by atoms with Gasteiger partial charge in [0.25, 0.3) is 0 Å². The van der Waals surface area contributed by atoms with Crippen LogP contribution in [0.3, 0.4) is 0 Å². The molecule has 5 nitrogen and oxygen atoms in total. The molecule has 2 aromatic rings. The second-order valence-electron chi connectivity index (χ2n) is 5.73. The Labute approximate surface area is 145 Å². The molecule has 130 valence electrons. The zero-order valence-electron chi connectivity index (χ0n) is 13.8. The fraction of sp³-hybridized carbons (Fsp3) is 0.263. The first kappa shape index (κ1) is 17.0. The molecule has 1 aliphatic heterocycles. The number of carbonyl (C=O) groups excluding carboxylic acids is 2. The maximum Gasteiger partial charge on any atom is 0.338 e. The number of amides is 1. The van der Waals surface area contributed by atoms with E-state index in [4.69, 9.17) is 9.47 Å². The molecular weight excluding hydrogens is 325 g/mol. The molecule has 0 bridgehead atoms. The Morgan fingerprint density at radius 3 is 2.60 bits per heavy atom. The second-order valence-corrected chi connectivity index (χ2v) is 5.73. The van der Waals surface area contributed by atoms with Gasteiger partial charge in [-0.15, -0.1) is 0 Å². The standard InChI is InChI=1S/C19H18FNO4/c1-24-17-9-6-15(20)11-14(17)12-25-19(23)13-4-7-16(8-5-13)21-10-2-3-18(21)22/h4-9,11H,2-3,10,12H2,1H3. The Balaban J connectivity index is 1.65. The van der Waals surface area contributed by atoms with Crippen molar-refractivity contribution in [3.63, 3.8) is 0 Å². The summed E-state index contributed by atoms with van der Waals surface area (Å²) in [6.45, 7) is 0.605. The molecular formula is C19H18FNO4. The van der Waals surface area contributed by atoms with Gasteiger partial charge in [0.15, 0.2) is 0 Å². The number of halogens is 1. The van der Waals surface area contributed by atoms with E-state index in [0.717, 1.165) is 12.1 Å². The summed E-state index contributed by atoms with van der Waals surface area (Å²) < 4.78 is 23.7. The van der Waals surface area contributed by atoms with E-state index >= 15 is 0 Å². The topological polar surface area (TPSA) is 55.8 Å². The van der Waals surface area contributed by atoms with Crippen LogP contribution in [-0.2, 0) is 16.1 Å². The molecule has 2 aromatic carbocycles. The lowest BCUT2D eigenvalue weighted by atomic mass is 10.2. The number of esters is 1. The monoisotopic (exact) mass is 343 g/mol. The Bertz CT molecular complexity index is 789. The quantitative estimate of drug-likeness (QED) is 0.782. The van der Waals surface area contributed by atoms with Gasteiger partial charge in [-0.1, -0.05) is 0 Å². The van der Waals surface area contributed by atoms with Crippen LogP contribution in [0.1, 0.15) is 28.8 Å². The minimum atomic E-state index is -0.523. The smallest absolute Gasteiger partial charge is 0.338 e. The molecule has 6 heteroatoms. The van der Waals surface area contributed by atoms with Gasteiger partial charge in [0.2, 0.25) is 5.91 Å². The van der Waals surface area contributed by atoms with Crippen LogP contribution < -0.4 is 9.64 Å². The fourth-order valence-electron chi connectivity index (χ4n) is 2.79. The first-order chi connectivity index (χ1) is 12.1. The van der Waals surface area contributed by atoms with Crippen molar-refractivity contribution in [3.05, 3.63) is 59.4 Å². The van der Waals surface area contributed by atoms with E-state index in [-0.39, 0.29) is 12.5 Å². The summed E-state index contributed by atoms with van der Waals surface area (Å²) in [5.74, 6) is -0.400. The van der Waals surface area contributed by atoms with Gasteiger partial charge in [-0.05, 0) is 48.9 Å². The molecule has 0 aromatic heterocycles. The SMILES string of the molecule is COc1ccc(F)cc1COC(=O)c1ccc(N2CCCC2=O)cc1. The van der Waals surface area contributed by atoms with Crippen LogP contribution in [0.5, 0.6) is 5.75 Å². The van der Waals surface area contributed by atoms with Crippen LogP contribution in [-0.4, -0.2) is 25.5 Å². The molecule has 1 saturated heterocycles. The molecule has 0 N–H and O–H groups in total. The Hall–Kier alpha value is -2.89. The summed E-state index contributed by atoms with van der Waals surface area (Å²) in [4.78, 5) is 25.6. The molecule has 0 aliphatic carbocycles. The van der Waals surface area contributed by atoms with Crippen LogP contribution >= 0.6 is 0 Å². The van der Waals surface area contributed by atoms with Crippen molar-refractivity contribution in [1.29, 1.82) is 0 Å². The van der Waals surface area contributed by atoms with E-state index < -0.39 is 11.8 Å². The maximum atomic E-state index is 13.3. The molecule has 0 spiro atoms. The molecule has 0 atom stereocenters. The molecule has 25 heavy (non-hydrogen) atoms. The average Bonchev–Trinajstić information content (AvgIpc) is 3.06. The van der Waals surface area contributed by atoms with E-state index in [2.05, 4.69) is 0 Å². The van der Waals surface area contributed by atoms with Crippen molar-refractivity contribution < 1.29 is 23.5 Å². The van der Waals surface area contributed by atoms with Crippen molar-refractivity contribution in [1.82, 2.24) is 0 Å². The lowest BCUT2D eigenvalue weighted by molar-refractivity contribution is -0.117. The molecule has 3 rings (SSSR count). The minimum absolute atomic E-state index is 0.0911. The van der Waals surface area contributed by atoms with Gasteiger partial charge in [0.1, 0.15) is 18.2 Å². The molecule has 0 radical (unpaired) electrons. The number of methoxy groups -OCH3 is 1. The molecule has 1 aliphatic rings. The first-order valence-electron chi connectivity index (χ1n) is 7.98. The van der Waals surface area contributed by atoms with Gasteiger partial charge in [-0.2, -0.15) is 0 Å². The number of nitrogens with zero attached hydrogens (tertiary/aromatic N) is 1. The highest BCUT2D eigenvalue weighted by Gasteiger charge is 2.21. The Kier molecular flexibility index (Phi) is 4.97. The predicted octanol–water partition coefficient (Wildman–Crippen LogP) is 3.32. The highest BCUT2D eigenvalue weighted by molar-refractivity contribution is 5.96. The van der Waals surface area contributed by atoms with E-state index in [9.17, 15) is 14.0 Å². The summed E-state index contributed by atoms with van der Waals surface area (Å²) in [7, 11) is 1.47. The number of rotatable bonds is 5. The van der Waals surface area contributed by atoms with Crippen LogP contribution in [0.4, 0.5) is 10.1 Å². The number of hydrogen-bond donors (Lipinski definition) is 0. The summed E-state index contributed by atoms with van der Waals surface area (Å²) in [5.41, 5.74) is 1.59. The van der Waals surface area contributed by atoms with Crippen LogP contribution in [0.15, 0.2) is 42.5 Å². The predicted molar refractivity (Wildman–Crippen MR) is 90.1 cm³/mol. The van der Waals surface area contributed by atoms with Gasteiger partial charge in [-0.3, -0.25) is 4.79 Å². The highest BCUT2D eigenvalue weighted by atomic mass is 19.1. The molecule has 0 saturated carbocycles. The Morgan fingerprint density at radius 2 is 1.96 bits per heavy atom. The number of hydrogen-bond acceptors (Lipinski definition) is 4. The summed E-state index contributed by atoms with van der Waals surface area (Å²) in [6, 6.07) is 10.7. The van der Waals surface area contributed by atoms with E-state index in [0.29, 0.717) is 29.8 Å². The van der Waals surface area contributed by atoms with E-state index in [1.54, 1.807) is 29.2 Å². The third-order valence-electron chi connectivity index (χ3n) is 4.09. The third-order valence-corrected chi connectivity index (χ3v) is 4.09. The molecule has 1 fully saturated rings. The van der Waals surface area contributed by atoms with Gasteiger partial charge in [-0.25, -0.2) is 9.18 Å². The van der Waals surface area contributed by atoms with E-state index in [1.165, 1.54) is 25.3 Å². The van der Waals surface area contributed by atoms with Gasteiger partial charge in [0, 0.05) is 24.2 Å². The number of benzene rings is 2. The lowest BCUT2D eigenvalue weighted by Crippen LogP contribution is -2.23. The lowest BCUT2D eigenvalue weighted by Gasteiger charge is -2.15. The van der Waals surface area contributed by atoms with Crippen LogP contribution in [0.2, 0.25) is 0 Å². The zero-order valence-corrected chi connectivity index (χ0v) is 13.8.